The lowest BCUT2D eigenvalue weighted by molar-refractivity contribution is -0.143. The number of alkyl halides is 2. The molecule has 1 aromatic heterocycles. The minimum atomic E-state index is -4.13. The van der Waals surface area contributed by atoms with E-state index in [0.29, 0.717) is 24.2 Å². The second-order valence-electron chi connectivity index (χ2n) is 15.9. The number of benzene rings is 1. The van der Waals surface area contributed by atoms with Crippen molar-refractivity contribution in [3.8, 4) is 16.2 Å². The van der Waals surface area contributed by atoms with Crippen molar-refractivity contribution in [3.63, 3.8) is 0 Å². The number of oxime groups is 1. The van der Waals surface area contributed by atoms with Gasteiger partial charge in [0.25, 0.3) is 5.91 Å². The Bertz CT molecular complexity index is 1870. The fourth-order valence-electron chi connectivity index (χ4n) is 6.25. The maximum atomic E-state index is 14.3. The molecule has 1 aromatic carbocycles. The smallest absolute Gasteiger partial charge is 0.408 e. The van der Waals surface area contributed by atoms with Gasteiger partial charge in [0.05, 0.1) is 31.0 Å². The monoisotopic (exact) mass is 795 g/mol. The Morgan fingerprint density at radius 1 is 1.09 bits per heavy atom. The zero-order valence-electron chi connectivity index (χ0n) is 31.2. The number of nitrogens with one attached hydrogen (secondary N) is 3. The third kappa shape index (κ3) is 9.48. The van der Waals surface area contributed by atoms with Crippen molar-refractivity contribution in [3.05, 3.63) is 41.3 Å². The van der Waals surface area contributed by atoms with Crippen molar-refractivity contribution in [2.75, 3.05) is 13.7 Å². The number of nitrogens with zero attached hydrogens (tertiary/aromatic N) is 2. The summed E-state index contributed by atoms with van der Waals surface area (Å²) in [5.41, 5.74) is -2.51. The van der Waals surface area contributed by atoms with Crippen molar-refractivity contribution in [1.82, 2.24) is 20.3 Å². The van der Waals surface area contributed by atoms with Gasteiger partial charge in [-0.2, -0.15) is 0 Å². The minimum Gasteiger partial charge on any atom is -0.497 e. The van der Waals surface area contributed by atoms with Gasteiger partial charge in [0.1, 0.15) is 35.1 Å². The fraction of sp³-hybridized carbons (Fsp3) is 0.583. The van der Waals surface area contributed by atoms with Gasteiger partial charge < -0.3 is 29.8 Å². The van der Waals surface area contributed by atoms with Gasteiger partial charge >= 0.3 is 6.09 Å². The van der Waals surface area contributed by atoms with Gasteiger partial charge in [0, 0.05) is 22.4 Å². The molecule has 1 aliphatic heterocycles. The summed E-state index contributed by atoms with van der Waals surface area (Å²) in [6.07, 6.45) is -3.40. The van der Waals surface area contributed by atoms with E-state index in [0.717, 1.165) is 15.3 Å². The Kier molecular flexibility index (Phi) is 11.7. The molecule has 3 aliphatic rings. The maximum Gasteiger partial charge on any atom is 0.408 e. The van der Waals surface area contributed by atoms with E-state index in [1.165, 1.54) is 24.7 Å². The van der Waals surface area contributed by atoms with E-state index in [4.69, 9.17) is 14.3 Å². The number of hydrogen-bond acceptors (Lipinski definition) is 11. The maximum absolute atomic E-state index is 14.3. The van der Waals surface area contributed by atoms with E-state index in [-0.39, 0.29) is 13.0 Å². The van der Waals surface area contributed by atoms with Crippen LogP contribution in [0.3, 0.4) is 0 Å². The number of sulfonamides is 1. The Labute approximate surface area is 317 Å². The normalized spacial score (nSPS) is 23.5. The van der Waals surface area contributed by atoms with Gasteiger partial charge in [0.15, 0.2) is 0 Å². The third-order valence-corrected chi connectivity index (χ3v) is 12.1. The number of ether oxygens (including phenoxy) is 2. The molecular formula is C36H47F2N5O9S2. The number of likely N-dealkylation sites (tertiary alicyclic amines) is 1. The summed E-state index contributed by atoms with van der Waals surface area (Å²) in [4.78, 5) is 62.6. The lowest BCUT2D eigenvalue weighted by Gasteiger charge is -2.36. The molecule has 0 spiro atoms. The number of halogens is 2. The summed E-state index contributed by atoms with van der Waals surface area (Å²) in [5, 5.41) is 10.3. The van der Waals surface area contributed by atoms with Crippen LogP contribution in [0, 0.1) is 11.3 Å². The SMILES string of the molecule is COc1ccc(-c2cccs2)c(/C=N/O[C@@H]2C[C@@H](C(=O)N[C@@]3(C(=O)NS(=O)(=O)C4CC4)C[C@H]3C(F)F)N(C(=O)[C@@H](NC(=O)OC(C)(C)C)C(C)(C)C)C2)c1. The lowest BCUT2D eigenvalue weighted by Crippen LogP contribution is -2.60. The largest absolute Gasteiger partial charge is 0.497 e. The quantitative estimate of drug-likeness (QED) is 0.195. The standard InChI is InChI=1S/C36H47F2N5O9S2/c1-34(2,3)28(40-33(47)51-35(4,5)6)31(45)43-19-22(52-39-18-20-15-21(50-7)10-13-24(20)27-9-8-14-53-27)16-26(43)30(44)41-36(17-25(36)29(37)38)32(46)42-54(48,49)23-11-12-23/h8-10,13-15,18,22-23,25-26,28-29H,11-12,16-17,19H2,1-7H3,(H,40,47)(H,41,44)(H,42,46)/b39-18+/t22-,25+,26+,28-,36+/m1/s1. The zero-order valence-corrected chi connectivity index (χ0v) is 32.8. The molecular weight excluding hydrogens is 749 g/mol. The average Bonchev–Trinajstić information content (AvgIpc) is 3.95. The molecule has 0 radical (unpaired) electrons. The van der Waals surface area contributed by atoms with E-state index in [1.807, 2.05) is 28.3 Å². The van der Waals surface area contributed by atoms with Crippen LogP contribution in [-0.2, 0) is 34.0 Å². The second kappa shape index (κ2) is 15.4. The fourth-order valence-corrected chi connectivity index (χ4v) is 8.39. The summed E-state index contributed by atoms with van der Waals surface area (Å²) in [6.45, 7) is 9.87. The summed E-state index contributed by atoms with van der Waals surface area (Å²) in [5.74, 6) is -4.03. The highest BCUT2D eigenvalue weighted by Crippen LogP contribution is 2.48. The van der Waals surface area contributed by atoms with Gasteiger partial charge in [-0.15, -0.1) is 11.3 Å². The van der Waals surface area contributed by atoms with Crippen LogP contribution >= 0.6 is 11.3 Å². The number of rotatable bonds is 13. The molecule has 2 heterocycles. The molecule has 1 saturated heterocycles. The molecule has 2 aromatic rings. The molecule has 2 aliphatic carbocycles. The third-order valence-electron chi connectivity index (χ3n) is 9.34. The minimum absolute atomic E-state index is 0.175. The predicted molar refractivity (Wildman–Crippen MR) is 197 cm³/mol. The van der Waals surface area contributed by atoms with Gasteiger partial charge in [-0.25, -0.2) is 22.0 Å². The summed E-state index contributed by atoms with van der Waals surface area (Å²) < 4.78 is 65.9. The molecule has 3 N–H and O–H groups in total. The Hall–Kier alpha value is -4.32. The first-order valence-electron chi connectivity index (χ1n) is 17.5. The van der Waals surface area contributed by atoms with Crippen molar-refractivity contribution in [2.24, 2.45) is 16.5 Å². The van der Waals surface area contributed by atoms with E-state index in [9.17, 15) is 36.4 Å². The number of thiophene rings is 1. The molecule has 0 unspecified atom stereocenters. The van der Waals surface area contributed by atoms with Gasteiger partial charge in [-0.05, 0) is 75.1 Å². The summed E-state index contributed by atoms with van der Waals surface area (Å²) in [6, 6.07) is 6.68. The Morgan fingerprint density at radius 3 is 2.35 bits per heavy atom. The van der Waals surface area contributed by atoms with E-state index in [1.54, 1.807) is 53.7 Å². The number of alkyl carbamates (subject to hydrolysis) is 1. The molecule has 54 heavy (non-hydrogen) atoms. The van der Waals surface area contributed by atoms with E-state index >= 15 is 0 Å². The first-order valence-corrected chi connectivity index (χ1v) is 19.9. The number of carbonyl (C=O) groups excluding carboxylic acids is 4. The summed E-state index contributed by atoms with van der Waals surface area (Å²) in [7, 11) is -2.60. The summed E-state index contributed by atoms with van der Waals surface area (Å²) >= 11 is 1.52. The van der Waals surface area contributed by atoms with Crippen LogP contribution in [0.2, 0.25) is 0 Å². The van der Waals surface area contributed by atoms with Crippen LogP contribution < -0.4 is 20.1 Å². The number of hydrogen-bond donors (Lipinski definition) is 3. The van der Waals surface area contributed by atoms with E-state index in [2.05, 4.69) is 15.8 Å². The molecule has 5 rings (SSSR count). The van der Waals surface area contributed by atoms with Crippen LogP contribution in [0.15, 0.2) is 40.9 Å². The Morgan fingerprint density at radius 2 is 1.80 bits per heavy atom. The highest BCUT2D eigenvalue weighted by Gasteiger charge is 2.67. The second-order valence-corrected chi connectivity index (χ2v) is 18.8. The number of amides is 4. The Balaban J connectivity index is 1.42. The zero-order chi connectivity index (χ0) is 39.8. The van der Waals surface area contributed by atoms with Crippen LogP contribution in [0.5, 0.6) is 5.75 Å². The van der Waals surface area contributed by atoms with Crippen molar-refractivity contribution < 1.29 is 50.7 Å². The van der Waals surface area contributed by atoms with Crippen LogP contribution in [0.4, 0.5) is 13.6 Å². The van der Waals surface area contributed by atoms with Crippen molar-refractivity contribution in [1.29, 1.82) is 0 Å². The molecule has 18 heteroatoms. The lowest BCUT2D eigenvalue weighted by atomic mass is 9.85. The molecule has 14 nitrogen and oxygen atoms in total. The van der Waals surface area contributed by atoms with Crippen LogP contribution in [-0.4, -0.2) is 98.0 Å². The number of carbonyl (C=O) groups is 4. The molecule has 296 valence electrons. The van der Waals surface area contributed by atoms with Gasteiger partial charge in [-0.1, -0.05) is 32.0 Å². The molecule has 2 saturated carbocycles. The molecule has 3 fully saturated rings. The van der Waals surface area contributed by atoms with Crippen molar-refractivity contribution in [2.45, 2.75) is 108 Å². The molecule has 0 bridgehead atoms. The van der Waals surface area contributed by atoms with E-state index < -0.39 is 92.6 Å². The van der Waals surface area contributed by atoms with Gasteiger partial charge in [-0.3, -0.25) is 19.1 Å². The first kappa shape index (κ1) is 40.9. The topological polar surface area (TPSA) is 182 Å². The van der Waals surface area contributed by atoms with Crippen molar-refractivity contribution >= 4 is 51.4 Å². The molecule has 4 amide bonds. The average molecular weight is 796 g/mol. The van der Waals surface area contributed by atoms with Crippen LogP contribution in [0.1, 0.15) is 72.8 Å². The predicted octanol–water partition coefficient (Wildman–Crippen LogP) is 4.43. The highest BCUT2D eigenvalue weighted by atomic mass is 32.2. The van der Waals surface area contributed by atoms with Gasteiger partial charge in [0.2, 0.25) is 28.3 Å². The number of methoxy groups -OCH3 is 1. The highest BCUT2D eigenvalue weighted by molar-refractivity contribution is 7.91. The van der Waals surface area contributed by atoms with Crippen LogP contribution in [0.25, 0.3) is 10.4 Å². The molecule has 5 atom stereocenters. The first-order chi connectivity index (χ1) is 25.1.